The van der Waals surface area contributed by atoms with Gasteiger partial charge in [-0.3, -0.25) is 4.79 Å². The van der Waals surface area contributed by atoms with Crippen molar-refractivity contribution in [1.82, 2.24) is 4.98 Å². The number of anilines is 1. The van der Waals surface area contributed by atoms with Crippen LogP contribution in [-0.2, 0) is 22.4 Å². The van der Waals surface area contributed by atoms with E-state index in [0.29, 0.717) is 13.0 Å². The Kier molecular flexibility index (Phi) is 5.95. The Labute approximate surface area is 135 Å². The van der Waals surface area contributed by atoms with Gasteiger partial charge in [0, 0.05) is 11.4 Å². The number of benzene rings is 1. The Bertz CT molecular complexity index is 601. The van der Waals surface area contributed by atoms with Crippen LogP contribution < -0.4 is 5.32 Å². The van der Waals surface area contributed by atoms with Crippen LogP contribution >= 0.6 is 11.3 Å². The minimum absolute atomic E-state index is 0.175. The molecule has 5 heteroatoms. The maximum Gasteiger partial charge on any atom is 0.310 e. The highest BCUT2D eigenvalue weighted by Gasteiger charge is 2.05. The number of carbonyl (C=O) groups excluding carboxylic acids is 1. The molecule has 1 aromatic carbocycles. The van der Waals surface area contributed by atoms with Crippen molar-refractivity contribution in [3.63, 3.8) is 0 Å². The van der Waals surface area contributed by atoms with E-state index in [-0.39, 0.29) is 5.97 Å². The molecule has 118 valence electrons. The molecule has 0 aliphatic carbocycles. The van der Waals surface area contributed by atoms with E-state index in [2.05, 4.69) is 29.4 Å². The number of rotatable bonds is 7. The smallest absolute Gasteiger partial charge is 0.310 e. The Hall–Kier alpha value is -1.88. The molecule has 1 heterocycles. The zero-order valence-corrected chi connectivity index (χ0v) is 14.1. The molecular weight excluding hydrogens is 296 g/mol. The van der Waals surface area contributed by atoms with E-state index in [1.807, 2.05) is 26.0 Å². The van der Waals surface area contributed by atoms with Crippen molar-refractivity contribution < 1.29 is 9.53 Å². The second-order valence-corrected chi connectivity index (χ2v) is 6.34. The fraction of sp³-hybridized carbons (Fsp3) is 0.412. The molecule has 0 saturated heterocycles. The average Bonchev–Trinajstić information content (AvgIpc) is 2.80. The highest BCUT2D eigenvalue weighted by molar-refractivity contribution is 7.15. The normalized spacial score (nSPS) is 10.5. The van der Waals surface area contributed by atoms with Gasteiger partial charge in [0.1, 0.15) is 0 Å². The molecule has 2 aromatic rings. The van der Waals surface area contributed by atoms with Crippen LogP contribution in [0, 0.1) is 13.8 Å². The Morgan fingerprint density at radius 1 is 1.23 bits per heavy atom. The lowest BCUT2D eigenvalue weighted by Gasteiger charge is -2.05. The molecular formula is C17H22N2O2S. The lowest BCUT2D eigenvalue weighted by Crippen LogP contribution is -2.08. The first-order valence-corrected chi connectivity index (χ1v) is 8.31. The third-order valence-electron chi connectivity index (χ3n) is 3.40. The van der Waals surface area contributed by atoms with Crippen LogP contribution in [0.3, 0.4) is 0 Å². The molecule has 1 aromatic heterocycles. The second kappa shape index (κ2) is 7.94. The minimum atomic E-state index is -0.175. The maximum atomic E-state index is 11.4. The van der Waals surface area contributed by atoms with E-state index in [1.165, 1.54) is 10.4 Å². The van der Waals surface area contributed by atoms with Gasteiger partial charge in [0.25, 0.3) is 0 Å². The summed E-state index contributed by atoms with van der Waals surface area (Å²) in [5.41, 5.74) is 3.32. The molecule has 0 amide bonds. The number of nitrogens with zero attached hydrogens (tertiary/aromatic N) is 1. The van der Waals surface area contributed by atoms with E-state index in [0.717, 1.165) is 29.4 Å². The standard InChI is InChI=1S/C17H22N2O2S/c1-4-21-16(20)11-15-7-5-14(6-8-15)9-10-18-17-19-12(2)13(3)22-17/h5-8H,4,9-11H2,1-3H3,(H,18,19). The highest BCUT2D eigenvalue weighted by Crippen LogP contribution is 2.20. The number of hydrogen-bond donors (Lipinski definition) is 1. The third-order valence-corrected chi connectivity index (χ3v) is 4.43. The van der Waals surface area contributed by atoms with Gasteiger partial charge < -0.3 is 10.1 Å². The molecule has 0 bridgehead atoms. The van der Waals surface area contributed by atoms with Crippen LogP contribution in [0.4, 0.5) is 5.13 Å². The summed E-state index contributed by atoms with van der Waals surface area (Å²) < 4.78 is 4.95. The SMILES string of the molecule is CCOC(=O)Cc1ccc(CCNc2nc(C)c(C)s2)cc1. The van der Waals surface area contributed by atoms with Gasteiger partial charge in [-0.1, -0.05) is 24.3 Å². The molecule has 1 N–H and O–H groups in total. The quantitative estimate of drug-likeness (QED) is 0.794. The number of thiazole rings is 1. The highest BCUT2D eigenvalue weighted by atomic mass is 32.1. The Morgan fingerprint density at radius 2 is 1.91 bits per heavy atom. The van der Waals surface area contributed by atoms with Gasteiger partial charge in [0.05, 0.1) is 18.7 Å². The van der Waals surface area contributed by atoms with Gasteiger partial charge in [-0.15, -0.1) is 11.3 Å². The van der Waals surface area contributed by atoms with Crippen molar-refractivity contribution in [2.75, 3.05) is 18.5 Å². The zero-order chi connectivity index (χ0) is 15.9. The van der Waals surface area contributed by atoms with Crippen molar-refractivity contribution in [1.29, 1.82) is 0 Å². The van der Waals surface area contributed by atoms with E-state index in [9.17, 15) is 4.79 Å². The van der Waals surface area contributed by atoms with Crippen LogP contribution in [0.1, 0.15) is 28.6 Å². The van der Waals surface area contributed by atoms with Crippen LogP contribution in [0.2, 0.25) is 0 Å². The lowest BCUT2D eigenvalue weighted by molar-refractivity contribution is -0.142. The Morgan fingerprint density at radius 3 is 2.50 bits per heavy atom. The number of hydrogen-bond acceptors (Lipinski definition) is 5. The van der Waals surface area contributed by atoms with Crippen LogP contribution in [0.25, 0.3) is 0 Å². The zero-order valence-electron chi connectivity index (χ0n) is 13.3. The predicted molar refractivity (Wildman–Crippen MR) is 90.6 cm³/mol. The summed E-state index contributed by atoms with van der Waals surface area (Å²) >= 11 is 1.69. The first kappa shape index (κ1) is 16.5. The summed E-state index contributed by atoms with van der Waals surface area (Å²) in [6, 6.07) is 8.11. The average molecular weight is 318 g/mol. The fourth-order valence-corrected chi connectivity index (χ4v) is 2.90. The number of carbonyl (C=O) groups is 1. The van der Waals surface area contributed by atoms with Crippen molar-refractivity contribution in [3.05, 3.63) is 46.0 Å². The summed E-state index contributed by atoms with van der Waals surface area (Å²) in [6.07, 6.45) is 1.27. The van der Waals surface area contributed by atoms with Gasteiger partial charge in [-0.05, 0) is 38.3 Å². The van der Waals surface area contributed by atoms with E-state index in [4.69, 9.17) is 4.74 Å². The molecule has 0 aliphatic heterocycles. The van der Waals surface area contributed by atoms with Gasteiger partial charge >= 0.3 is 5.97 Å². The number of aryl methyl sites for hydroxylation is 2. The molecule has 2 rings (SSSR count). The number of esters is 1. The molecule has 0 saturated carbocycles. The predicted octanol–water partition coefficient (Wildman–Crippen LogP) is 3.52. The lowest BCUT2D eigenvalue weighted by atomic mass is 10.1. The molecule has 0 fully saturated rings. The van der Waals surface area contributed by atoms with E-state index >= 15 is 0 Å². The maximum absolute atomic E-state index is 11.4. The van der Waals surface area contributed by atoms with Crippen molar-refractivity contribution >= 4 is 22.4 Å². The van der Waals surface area contributed by atoms with Crippen LogP contribution in [-0.4, -0.2) is 24.1 Å². The van der Waals surface area contributed by atoms with E-state index in [1.54, 1.807) is 11.3 Å². The molecule has 0 atom stereocenters. The summed E-state index contributed by atoms with van der Waals surface area (Å²) in [7, 11) is 0. The summed E-state index contributed by atoms with van der Waals surface area (Å²) in [6.45, 7) is 7.21. The first-order chi connectivity index (χ1) is 10.6. The third kappa shape index (κ3) is 4.84. The summed E-state index contributed by atoms with van der Waals surface area (Å²) in [5, 5.41) is 4.33. The van der Waals surface area contributed by atoms with Gasteiger partial charge in [0.2, 0.25) is 0 Å². The van der Waals surface area contributed by atoms with E-state index < -0.39 is 0 Å². The summed E-state index contributed by atoms with van der Waals surface area (Å²) in [5.74, 6) is -0.175. The summed E-state index contributed by atoms with van der Waals surface area (Å²) in [4.78, 5) is 17.1. The van der Waals surface area contributed by atoms with Crippen molar-refractivity contribution in [2.45, 2.75) is 33.6 Å². The molecule has 0 spiro atoms. The topological polar surface area (TPSA) is 51.2 Å². The number of ether oxygens (including phenoxy) is 1. The molecule has 0 radical (unpaired) electrons. The van der Waals surface area contributed by atoms with Crippen LogP contribution in [0.15, 0.2) is 24.3 Å². The number of nitrogens with one attached hydrogen (secondary N) is 1. The number of aromatic nitrogens is 1. The fourth-order valence-electron chi connectivity index (χ4n) is 2.06. The molecule has 0 aliphatic rings. The van der Waals surface area contributed by atoms with Crippen LogP contribution in [0.5, 0.6) is 0 Å². The molecule has 4 nitrogen and oxygen atoms in total. The monoisotopic (exact) mass is 318 g/mol. The molecule has 0 unspecified atom stereocenters. The second-order valence-electron chi connectivity index (χ2n) is 5.14. The van der Waals surface area contributed by atoms with Gasteiger partial charge in [-0.2, -0.15) is 0 Å². The molecule has 22 heavy (non-hydrogen) atoms. The largest absolute Gasteiger partial charge is 0.466 e. The first-order valence-electron chi connectivity index (χ1n) is 7.50. The minimum Gasteiger partial charge on any atom is -0.466 e. The van der Waals surface area contributed by atoms with Gasteiger partial charge in [-0.25, -0.2) is 4.98 Å². The van der Waals surface area contributed by atoms with Gasteiger partial charge in [0.15, 0.2) is 5.13 Å². The van der Waals surface area contributed by atoms with Crippen molar-refractivity contribution in [2.24, 2.45) is 0 Å². The Balaban J connectivity index is 1.80. The van der Waals surface area contributed by atoms with Crippen molar-refractivity contribution in [3.8, 4) is 0 Å².